The van der Waals surface area contributed by atoms with Gasteiger partial charge in [0.2, 0.25) is 0 Å². The van der Waals surface area contributed by atoms with Gasteiger partial charge in [-0.05, 0) is 35.9 Å². The predicted molar refractivity (Wildman–Crippen MR) is 74.9 cm³/mol. The Kier molecular flexibility index (Phi) is 4.21. The van der Waals surface area contributed by atoms with Gasteiger partial charge in [0.1, 0.15) is 0 Å². The van der Waals surface area contributed by atoms with Crippen molar-refractivity contribution in [2.24, 2.45) is 0 Å². The number of unbranched alkanes of at least 4 members (excludes halogenated alkanes) is 2. The average molecular weight is 248 g/mol. The summed E-state index contributed by atoms with van der Waals surface area (Å²) in [6.45, 7) is 2.21. The fourth-order valence-corrected chi connectivity index (χ4v) is 2.89. The summed E-state index contributed by atoms with van der Waals surface area (Å²) in [4.78, 5) is 0. The average Bonchev–Trinajstić information content (AvgIpc) is 2.72. The van der Waals surface area contributed by atoms with E-state index in [2.05, 4.69) is 25.1 Å². The zero-order valence-corrected chi connectivity index (χ0v) is 10.8. The number of hydrogen-bond acceptors (Lipinski definition) is 3. The second-order valence-electron chi connectivity index (χ2n) is 4.35. The van der Waals surface area contributed by atoms with Crippen LogP contribution in [-0.4, -0.2) is 17.2 Å². The summed E-state index contributed by atoms with van der Waals surface area (Å²) in [7, 11) is -1.35. The molecule has 0 amide bonds. The van der Waals surface area contributed by atoms with Crippen LogP contribution >= 0.6 is 11.3 Å². The monoisotopic (exact) mass is 248 g/mol. The van der Waals surface area contributed by atoms with Crippen molar-refractivity contribution in [3.8, 4) is 0 Å². The number of rotatable bonds is 5. The molecule has 4 heteroatoms. The minimum absolute atomic E-state index is 0.616. The van der Waals surface area contributed by atoms with Gasteiger partial charge >= 0.3 is 7.12 Å². The standard InChI is InChI=1S/C13H17BO2S/c1-2-3-4-5-10-6-7-12-11(8-10)9-13(17-12)14(15)16/h6-9,15-16H,2-5H2,1H3. The largest absolute Gasteiger partial charge is 0.499 e. The topological polar surface area (TPSA) is 40.5 Å². The predicted octanol–water partition coefficient (Wildman–Crippen LogP) is 2.31. The van der Waals surface area contributed by atoms with Gasteiger partial charge in [-0.2, -0.15) is 0 Å². The van der Waals surface area contributed by atoms with Crippen LogP contribution in [0.4, 0.5) is 0 Å². The molecule has 0 atom stereocenters. The summed E-state index contributed by atoms with van der Waals surface area (Å²) in [6.07, 6.45) is 4.84. The molecule has 0 unspecified atom stereocenters. The Bertz CT molecular complexity index is 493. The smallest absolute Gasteiger partial charge is 0.423 e. The SMILES string of the molecule is CCCCCc1ccc2sc(B(O)O)cc2c1. The van der Waals surface area contributed by atoms with Crippen LogP contribution in [0.25, 0.3) is 10.1 Å². The van der Waals surface area contributed by atoms with Crippen LogP contribution in [0.3, 0.4) is 0 Å². The van der Waals surface area contributed by atoms with E-state index in [4.69, 9.17) is 10.0 Å². The molecule has 2 N–H and O–H groups in total. The molecule has 0 radical (unpaired) electrons. The molecular formula is C13H17BO2S. The van der Waals surface area contributed by atoms with Gasteiger partial charge in [0.25, 0.3) is 0 Å². The van der Waals surface area contributed by atoms with Gasteiger partial charge in [-0.15, -0.1) is 11.3 Å². The van der Waals surface area contributed by atoms with E-state index < -0.39 is 7.12 Å². The first-order chi connectivity index (χ1) is 8.20. The molecule has 0 aliphatic rings. The van der Waals surface area contributed by atoms with Crippen LogP contribution < -0.4 is 4.78 Å². The summed E-state index contributed by atoms with van der Waals surface area (Å²) >= 11 is 1.44. The molecule has 0 bridgehead atoms. The van der Waals surface area contributed by atoms with Crippen LogP contribution in [0.2, 0.25) is 0 Å². The van der Waals surface area contributed by atoms with Crippen LogP contribution in [0.1, 0.15) is 31.7 Å². The third-order valence-corrected chi connectivity index (χ3v) is 4.08. The lowest BCUT2D eigenvalue weighted by Gasteiger charge is -2.00. The van der Waals surface area contributed by atoms with E-state index in [1.807, 2.05) is 6.07 Å². The molecule has 1 aromatic heterocycles. The minimum Gasteiger partial charge on any atom is -0.423 e. The Labute approximate surface area is 106 Å². The van der Waals surface area contributed by atoms with Gasteiger partial charge in [0.05, 0.1) is 0 Å². The summed E-state index contributed by atoms with van der Waals surface area (Å²) in [5, 5.41) is 19.4. The van der Waals surface area contributed by atoms with E-state index in [1.165, 1.54) is 36.2 Å². The van der Waals surface area contributed by atoms with Gasteiger partial charge in [-0.1, -0.05) is 31.9 Å². The molecule has 0 fully saturated rings. The third kappa shape index (κ3) is 3.09. The number of hydrogen-bond donors (Lipinski definition) is 2. The van der Waals surface area contributed by atoms with Crippen molar-refractivity contribution in [3.63, 3.8) is 0 Å². The lowest BCUT2D eigenvalue weighted by molar-refractivity contribution is 0.427. The number of benzene rings is 1. The highest BCUT2D eigenvalue weighted by atomic mass is 32.1. The van der Waals surface area contributed by atoms with Crippen molar-refractivity contribution in [3.05, 3.63) is 29.8 Å². The highest BCUT2D eigenvalue weighted by molar-refractivity contribution is 7.27. The maximum atomic E-state index is 9.13. The molecular weight excluding hydrogens is 231 g/mol. The van der Waals surface area contributed by atoms with Gasteiger partial charge in [0, 0.05) is 9.48 Å². The Morgan fingerprint density at radius 2 is 2.00 bits per heavy atom. The molecule has 2 nitrogen and oxygen atoms in total. The Hall–Kier alpha value is -0.835. The highest BCUT2D eigenvalue weighted by Gasteiger charge is 2.14. The van der Waals surface area contributed by atoms with E-state index in [9.17, 15) is 0 Å². The lowest BCUT2D eigenvalue weighted by Crippen LogP contribution is -2.26. The van der Waals surface area contributed by atoms with Crippen molar-refractivity contribution in [1.82, 2.24) is 0 Å². The van der Waals surface area contributed by atoms with Crippen molar-refractivity contribution in [1.29, 1.82) is 0 Å². The minimum atomic E-state index is -1.35. The van der Waals surface area contributed by atoms with E-state index >= 15 is 0 Å². The van der Waals surface area contributed by atoms with Gasteiger partial charge in [0.15, 0.2) is 0 Å². The number of thiophene rings is 1. The van der Waals surface area contributed by atoms with E-state index in [-0.39, 0.29) is 0 Å². The highest BCUT2D eigenvalue weighted by Crippen LogP contribution is 2.21. The molecule has 0 spiro atoms. The Morgan fingerprint density at radius 1 is 1.18 bits per heavy atom. The van der Waals surface area contributed by atoms with Crippen molar-refractivity contribution >= 4 is 33.3 Å². The molecule has 0 aliphatic carbocycles. The first-order valence-electron chi connectivity index (χ1n) is 6.09. The van der Waals surface area contributed by atoms with Crippen molar-refractivity contribution in [2.75, 3.05) is 0 Å². The van der Waals surface area contributed by atoms with Crippen LogP contribution in [-0.2, 0) is 6.42 Å². The molecule has 2 aromatic rings. The molecule has 0 saturated carbocycles. The molecule has 90 valence electrons. The van der Waals surface area contributed by atoms with Crippen molar-refractivity contribution in [2.45, 2.75) is 32.6 Å². The quantitative estimate of drug-likeness (QED) is 0.629. The van der Waals surface area contributed by atoms with E-state index in [0.29, 0.717) is 4.78 Å². The van der Waals surface area contributed by atoms with Crippen molar-refractivity contribution < 1.29 is 10.0 Å². The third-order valence-electron chi connectivity index (χ3n) is 2.92. The molecule has 0 aliphatic heterocycles. The molecule has 17 heavy (non-hydrogen) atoms. The van der Waals surface area contributed by atoms with Gasteiger partial charge < -0.3 is 10.0 Å². The molecule has 2 rings (SSSR count). The van der Waals surface area contributed by atoms with E-state index in [0.717, 1.165) is 16.5 Å². The maximum Gasteiger partial charge on any atom is 0.499 e. The molecule has 1 heterocycles. The zero-order valence-electron chi connectivity index (χ0n) is 10.0. The summed E-state index contributed by atoms with van der Waals surface area (Å²) < 4.78 is 1.73. The van der Waals surface area contributed by atoms with Crippen LogP contribution in [0.15, 0.2) is 24.3 Å². The summed E-state index contributed by atoms with van der Waals surface area (Å²) in [6, 6.07) is 8.25. The van der Waals surface area contributed by atoms with Crippen LogP contribution in [0, 0.1) is 0 Å². The maximum absolute atomic E-state index is 9.13. The lowest BCUT2D eigenvalue weighted by atomic mass is 9.89. The zero-order chi connectivity index (χ0) is 12.3. The fraction of sp³-hybridized carbons (Fsp3) is 0.385. The van der Waals surface area contributed by atoms with Crippen LogP contribution in [0.5, 0.6) is 0 Å². The van der Waals surface area contributed by atoms with E-state index in [1.54, 1.807) is 0 Å². The second-order valence-corrected chi connectivity index (χ2v) is 5.47. The normalized spacial score (nSPS) is 11.0. The summed E-state index contributed by atoms with van der Waals surface area (Å²) in [5.74, 6) is 0. The molecule has 1 aromatic carbocycles. The fourth-order valence-electron chi connectivity index (χ4n) is 1.98. The first kappa shape index (κ1) is 12.6. The number of fused-ring (bicyclic) bond motifs is 1. The first-order valence-corrected chi connectivity index (χ1v) is 6.91. The Morgan fingerprint density at radius 3 is 2.71 bits per heavy atom. The number of aryl methyl sites for hydroxylation is 1. The Balaban J connectivity index is 2.18. The van der Waals surface area contributed by atoms with Gasteiger partial charge in [-0.3, -0.25) is 0 Å². The summed E-state index contributed by atoms with van der Waals surface area (Å²) in [5.41, 5.74) is 1.34. The molecule has 0 saturated heterocycles. The van der Waals surface area contributed by atoms with Gasteiger partial charge in [-0.25, -0.2) is 0 Å². The second kappa shape index (κ2) is 5.67.